The van der Waals surface area contributed by atoms with Crippen LogP contribution in [0, 0.1) is 5.92 Å². The molecule has 0 radical (unpaired) electrons. The molecule has 1 heterocycles. The van der Waals surface area contributed by atoms with E-state index >= 15 is 0 Å². The molecule has 114 valence electrons. The third kappa shape index (κ3) is 5.56. The summed E-state index contributed by atoms with van der Waals surface area (Å²) in [7, 11) is 0. The van der Waals surface area contributed by atoms with Gasteiger partial charge in [0.25, 0.3) is 0 Å². The molecule has 1 aliphatic rings. The first-order valence-corrected chi connectivity index (χ1v) is 7.03. The fraction of sp³-hybridized carbons (Fsp3) is 0.769. The van der Waals surface area contributed by atoms with Crippen molar-refractivity contribution in [3.8, 4) is 0 Å². The second kappa shape index (κ2) is 8.52. The zero-order valence-electron chi connectivity index (χ0n) is 12.1. The van der Waals surface area contributed by atoms with Crippen molar-refractivity contribution in [3.05, 3.63) is 0 Å². The van der Waals surface area contributed by atoms with Crippen molar-refractivity contribution >= 4 is 17.9 Å². The van der Waals surface area contributed by atoms with E-state index in [0.29, 0.717) is 39.1 Å². The first-order chi connectivity index (χ1) is 9.56. The van der Waals surface area contributed by atoms with E-state index in [-0.39, 0.29) is 24.3 Å². The number of urea groups is 1. The summed E-state index contributed by atoms with van der Waals surface area (Å²) in [5.74, 6) is -0.554. The molecule has 1 aliphatic heterocycles. The van der Waals surface area contributed by atoms with Crippen molar-refractivity contribution in [1.29, 1.82) is 0 Å². The molecule has 1 rings (SSSR count). The van der Waals surface area contributed by atoms with Crippen LogP contribution in [0.1, 0.15) is 26.7 Å². The Balaban J connectivity index is 2.26. The number of hydrogen-bond acceptors (Lipinski definition) is 5. The maximum atomic E-state index is 11.6. The van der Waals surface area contributed by atoms with Gasteiger partial charge in [0.15, 0.2) is 0 Å². The molecule has 0 aromatic carbocycles. The average Bonchev–Trinajstić information content (AvgIpc) is 2.39. The molecule has 3 amide bonds. The second-order valence-corrected chi connectivity index (χ2v) is 4.71. The van der Waals surface area contributed by atoms with E-state index in [1.165, 1.54) is 0 Å². The van der Waals surface area contributed by atoms with Crippen LogP contribution in [-0.2, 0) is 14.3 Å². The maximum absolute atomic E-state index is 11.6. The lowest BCUT2D eigenvalue weighted by Crippen LogP contribution is -2.46. The van der Waals surface area contributed by atoms with Gasteiger partial charge in [0.1, 0.15) is 0 Å². The Labute approximate surface area is 119 Å². The summed E-state index contributed by atoms with van der Waals surface area (Å²) in [6, 6.07) is -0.473. The van der Waals surface area contributed by atoms with Crippen LogP contribution in [0.3, 0.4) is 0 Å². The summed E-state index contributed by atoms with van der Waals surface area (Å²) in [5.41, 5.74) is 0. The van der Waals surface area contributed by atoms with Gasteiger partial charge in [-0.1, -0.05) is 0 Å². The second-order valence-electron chi connectivity index (χ2n) is 4.71. The summed E-state index contributed by atoms with van der Waals surface area (Å²) in [6.07, 6.45) is 1.38. The molecule has 0 spiro atoms. The topological polar surface area (TPSA) is 87.7 Å². The van der Waals surface area contributed by atoms with Gasteiger partial charge in [-0.05, 0) is 39.8 Å². The normalized spacial score (nSPS) is 16.5. The van der Waals surface area contributed by atoms with Crippen LogP contribution in [0.2, 0.25) is 0 Å². The summed E-state index contributed by atoms with van der Waals surface area (Å²) >= 11 is 0. The third-order valence-electron chi connectivity index (χ3n) is 3.17. The summed E-state index contributed by atoms with van der Waals surface area (Å²) in [6.45, 7) is 5.94. The number of amides is 3. The summed E-state index contributed by atoms with van der Waals surface area (Å²) < 4.78 is 4.99. The number of carbonyl (C=O) groups excluding carboxylic acids is 3. The van der Waals surface area contributed by atoms with Crippen molar-refractivity contribution in [2.45, 2.75) is 26.7 Å². The average molecular weight is 285 g/mol. The van der Waals surface area contributed by atoms with Gasteiger partial charge < -0.3 is 10.1 Å². The monoisotopic (exact) mass is 285 g/mol. The zero-order chi connectivity index (χ0) is 15.0. The molecule has 0 aliphatic carbocycles. The highest BCUT2D eigenvalue weighted by molar-refractivity contribution is 5.95. The van der Waals surface area contributed by atoms with Gasteiger partial charge in [-0.2, -0.15) is 0 Å². The minimum Gasteiger partial charge on any atom is -0.466 e. The van der Waals surface area contributed by atoms with Gasteiger partial charge >= 0.3 is 12.0 Å². The standard InChI is InChI=1S/C13H23N3O4/c1-3-14-13(19)15-11(17)9-16-7-5-10(6-8-16)12(18)20-4-2/h10H,3-9H2,1-2H3,(H2,14,15,17,19). The van der Waals surface area contributed by atoms with Crippen molar-refractivity contribution in [1.82, 2.24) is 15.5 Å². The van der Waals surface area contributed by atoms with E-state index in [1.807, 2.05) is 4.90 Å². The highest BCUT2D eigenvalue weighted by Gasteiger charge is 2.26. The van der Waals surface area contributed by atoms with Gasteiger partial charge in [-0.25, -0.2) is 4.79 Å². The molecule has 1 saturated heterocycles. The number of hydrogen-bond donors (Lipinski definition) is 2. The van der Waals surface area contributed by atoms with Crippen LogP contribution in [0.25, 0.3) is 0 Å². The fourth-order valence-corrected chi connectivity index (χ4v) is 2.16. The Kier molecular flexibility index (Phi) is 7.00. The summed E-state index contributed by atoms with van der Waals surface area (Å²) in [4.78, 5) is 36.3. The maximum Gasteiger partial charge on any atom is 0.321 e. The molecule has 0 aromatic heterocycles. The lowest BCUT2D eigenvalue weighted by atomic mass is 9.97. The molecule has 0 atom stereocenters. The highest BCUT2D eigenvalue weighted by atomic mass is 16.5. The highest BCUT2D eigenvalue weighted by Crippen LogP contribution is 2.18. The van der Waals surface area contributed by atoms with E-state index in [0.717, 1.165) is 0 Å². The Bertz CT molecular complexity index is 352. The fourth-order valence-electron chi connectivity index (χ4n) is 2.16. The first kappa shape index (κ1) is 16.4. The molecular formula is C13H23N3O4. The van der Waals surface area contributed by atoms with Gasteiger partial charge in [0.05, 0.1) is 19.1 Å². The number of likely N-dealkylation sites (tertiary alicyclic amines) is 1. The molecule has 0 saturated carbocycles. The predicted octanol–water partition coefficient (Wildman–Crippen LogP) is 0.107. The number of rotatable bonds is 5. The Morgan fingerprint density at radius 3 is 2.40 bits per heavy atom. The SMILES string of the molecule is CCNC(=O)NC(=O)CN1CCC(C(=O)OCC)CC1. The van der Waals surface area contributed by atoms with Crippen LogP contribution in [0.5, 0.6) is 0 Å². The van der Waals surface area contributed by atoms with Crippen molar-refractivity contribution in [2.24, 2.45) is 5.92 Å². The van der Waals surface area contributed by atoms with Crippen molar-refractivity contribution < 1.29 is 19.1 Å². The van der Waals surface area contributed by atoms with Crippen molar-refractivity contribution in [2.75, 3.05) is 32.8 Å². The Morgan fingerprint density at radius 2 is 1.85 bits per heavy atom. The number of piperidine rings is 1. The number of nitrogens with zero attached hydrogens (tertiary/aromatic N) is 1. The molecule has 7 nitrogen and oxygen atoms in total. The number of ether oxygens (including phenoxy) is 1. The van der Waals surface area contributed by atoms with E-state index < -0.39 is 6.03 Å². The largest absolute Gasteiger partial charge is 0.466 e. The van der Waals surface area contributed by atoms with E-state index in [9.17, 15) is 14.4 Å². The van der Waals surface area contributed by atoms with E-state index in [4.69, 9.17) is 4.74 Å². The molecule has 1 fully saturated rings. The van der Waals surface area contributed by atoms with Crippen LogP contribution in [0.4, 0.5) is 4.79 Å². The number of imide groups is 1. The quantitative estimate of drug-likeness (QED) is 0.700. The minimum absolute atomic E-state index is 0.0716. The van der Waals surface area contributed by atoms with Crippen molar-refractivity contribution in [3.63, 3.8) is 0 Å². The molecular weight excluding hydrogens is 262 g/mol. The lowest BCUT2D eigenvalue weighted by molar-refractivity contribution is -0.149. The molecule has 0 unspecified atom stereocenters. The molecule has 0 bridgehead atoms. The smallest absolute Gasteiger partial charge is 0.321 e. The van der Waals surface area contributed by atoms with Crippen LogP contribution >= 0.6 is 0 Å². The first-order valence-electron chi connectivity index (χ1n) is 7.03. The van der Waals surface area contributed by atoms with Gasteiger partial charge in [-0.3, -0.25) is 19.8 Å². The van der Waals surface area contributed by atoms with E-state index in [1.54, 1.807) is 13.8 Å². The molecule has 20 heavy (non-hydrogen) atoms. The number of esters is 1. The van der Waals surface area contributed by atoms with Gasteiger partial charge in [0, 0.05) is 6.54 Å². The van der Waals surface area contributed by atoms with Crippen LogP contribution < -0.4 is 10.6 Å². The Hall–Kier alpha value is -1.63. The van der Waals surface area contributed by atoms with Gasteiger partial charge in [0.2, 0.25) is 5.91 Å². The number of carbonyl (C=O) groups is 3. The third-order valence-corrected chi connectivity index (χ3v) is 3.17. The molecule has 7 heteroatoms. The lowest BCUT2D eigenvalue weighted by Gasteiger charge is -2.30. The minimum atomic E-state index is -0.473. The van der Waals surface area contributed by atoms with Gasteiger partial charge in [-0.15, -0.1) is 0 Å². The predicted molar refractivity (Wildman–Crippen MR) is 73.0 cm³/mol. The van der Waals surface area contributed by atoms with Crippen LogP contribution in [0.15, 0.2) is 0 Å². The number of nitrogens with one attached hydrogen (secondary N) is 2. The van der Waals surface area contributed by atoms with E-state index in [2.05, 4.69) is 10.6 Å². The van der Waals surface area contributed by atoms with Crippen LogP contribution in [-0.4, -0.2) is 55.6 Å². The Morgan fingerprint density at radius 1 is 1.20 bits per heavy atom. The zero-order valence-corrected chi connectivity index (χ0v) is 12.1. The molecule has 2 N–H and O–H groups in total. The molecule has 0 aromatic rings. The summed E-state index contributed by atoms with van der Waals surface area (Å²) in [5, 5.41) is 4.76.